The van der Waals surface area contributed by atoms with Crippen LogP contribution in [0.3, 0.4) is 0 Å². The summed E-state index contributed by atoms with van der Waals surface area (Å²) in [6, 6.07) is 0. The maximum Gasteiger partial charge on any atom is 0.289 e. The van der Waals surface area contributed by atoms with Crippen molar-refractivity contribution in [1.82, 2.24) is 4.90 Å². The van der Waals surface area contributed by atoms with Crippen LogP contribution in [0.25, 0.3) is 0 Å². The number of nitrogens with zero attached hydrogens (tertiary/aromatic N) is 2. The predicted octanol–water partition coefficient (Wildman–Crippen LogP) is 0.966. The van der Waals surface area contributed by atoms with Crippen LogP contribution in [0.2, 0.25) is 0 Å². The van der Waals surface area contributed by atoms with Crippen molar-refractivity contribution < 1.29 is 9.90 Å². The second-order valence-corrected chi connectivity index (χ2v) is 3.44. The molecule has 2 atom stereocenters. The molecule has 0 spiro atoms. The highest BCUT2D eigenvalue weighted by Gasteiger charge is 2.18. The van der Waals surface area contributed by atoms with Gasteiger partial charge in [0, 0.05) is 17.6 Å². The maximum atomic E-state index is 11.0. The topological polar surface area (TPSA) is 70.0 Å². The Morgan fingerprint density at radius 1 is 1.57 bits per heavy atom. The van der Waals surface area contributed by atoms with E-state index in [4.69, 9.17) is 5.11 Å². The third kappa shape index (κ3) is 4.43. The summed E-state index contributed by atoms with van der Waals surface area (Å²) < 4.78 is 0. The van der Waals surface area contributed by atoms with Crippen LogP contribution in [0, 0.1) is 10.8 Å². The summed E-state index contributed by atoms with van der Waals surface area (Å²) in [4.78, 5) is 22.7. The quantitative estimate of drug-likeness (QED) is 0.514. The third-order valence-corrected chi connectivity index (χ3v) is 2.40. The molecule has 0 aromatic carbocycles. The van der Waals surface area contributed by atoms with Gasteiger partial charge in [0.05, 0.1) is 0 Å². The molecular formula is C9H18N2O3. The minimum absolute atomic E-state index is 0.311. The molecule has 2 unspecified atom stereocenters. The van der Waals surface area contributed by atoms with Gasteiger partial charge in [-0.2, -0.15) is 0 Å². The standard InChI is InChI=1S/C9H18N2O3/c1-4-8(9(13)10-14)5-6-11(3)7(2)12/h7-8,12H,4-6H2,1-3H3. The molecule has 82 valence electrons. The SMILES string of the molecule is CCC(CCN(C)C(C)O)C(=O)N=O. The van der Waals surface area contributed by atoms with E-state index in [1.165, 1.54) is 0 Å². The number of hydrogen-bond donors (Lipinski definition) is 1. The summed E-state index contributed by atoms with van der Waals surface area (Å²) in [5.74, 6) is -0.903. The molecular weight excluding hydrogens is 184 g/mol. The summed E-state index contributed by atoms with van der Waals surface area (Å²) >= 11 is 0. The summed E-state index contributed by atoms with van der Waals surface area (Å²) in [6.07, 6.45) is 0.632. The molecule has 0 rings (SSSR count). The molecule has 0 aromatic heterocycles. The van der Waals surface area contributed by atoms with Crippen molar-refractivity contribution in [3.63, 3.8) is 0 Å². The van der Waals surface area contributed by atoms with Gasteiger partial charge in [0.1, 0.15) is 6.23 Å². The number of aliphatic hydroxyl groups is 1. The first-order valence-electron chi connectivity index (χ1n) is 4.78. The number of nitroso groups, excluding NO2 is 1. The molecule has 0 radical (unpaired) electrons. The molecule has 0 heterocycles. The average molecular weight is 202 g/mol. The highest BCUT2D eigenvalue weighted by molar-refractivity contribution is 5.79. The number of aliphatic hydroxyl groups excluding tert-OH is 1. The normalized spacial score (nSPS) is 15.2. The number of hydrogen-bond acceptors (Lipinski definition) is 4. The third-order valence-electron chi connectivity index (χ3n) is 2.40. The summed E-state index contributed by atoms with van der Waals surface area (Å²) in [7, 11) is 1.76. The fraction of sp³-hybridized carbons (Fsp3) is 0.889. The molecule has 14 heavy (non-hydrogen) atoms. The van der Waals surface area contributed by atoms with E-state index in [-0.39, 0.29) is 5.92 Å². The average Bonchev–Trinajstić information content (AvgIpc) is 2.17. The van der Waals surface area contributed by atoms with Crippen molar-refractivity contribution in [2.75, 3.05) is 13.6 Å². The Hall–Kier alpha value is -0.810. The smallest absolute Gasteiger partial charge is 0.289 e. The molecule has 0 aliphatic carbocycles. The Balaban J connectivity index is 3.95. The van der Waals surface area contributed by atoms with Crippen LogP contribution in [-0.4, -0.2) is 35.7 Å². The van der Waals surface area contributed by atoms with Gasteiger partial charge in [0.2, 0.25) is 0 Å². The van der Waals surface area contributed by atoms with Gasteiger partial charge in [-0.1, -0.05) is 6.92 Å². The van der Waals surface area contributed by atoms with E-state index < -0.39 is 12.1 Å². The zero-order valence-corrected chi connectivity index (χ0v) is 8.93. The first-order valence-corrected chi connectivity index (χ1v) is 4.78. The van der Waals surface area contributed by atoms with E-state index in [1.807, 2.05) is 6.92 Å². The first kappa shape index (κ1) is 13.2. The van der Waals surface area contributed by atoms with Gasteiger partial charge >= 0.3 is 0 Å². The first-order chi connectivity index (χ1) is 6.52. The molecule has 1 N–H and O–H groups in total. The van der Waals surface area contributed by atoms with Crippen LogP contribution in [-0.2, 0) is 4.79 Å². The highest BCUT2D eigenvalue weighted by atomic mass is 16.3. The Kier molecular flexibility index (Phi) is 6.23. The van der Waals surface area contributed by atoms with E-state index in [9.17, 15) is 9.70 Å². The second kappa shape index (κ2) is 6.62. The van der Waals surface area contributed by atoms with Crippen molar-refractivity contribution in [3.8, 4) is 0 Å². The molecule has 1 amide bonds. The Morgan fingerprint density at radius 2 is 2.14 bits per heavy atom. The van der Waals surface area contributed by atoms with E-state index >= 15 is 0 Å². The van der Waals surface area contributed by atoms with Crippen molar-refractivity contribution in [2.24, 2.45) is 11.1 Å². The van der Waals surface area contributed by atoms with Crippen molar-refractivity contribution >= 4 is 5.91 Å². The summed E-state index contributed by atoms with van der Waals surface area (Å²) in [5.41, 5.74) is 0. The zero-order chi connectivity index (χ0) is 11.1. The lowest BCUT2D eigenvalue weighted by Gasteiger charge is -2.21. The van der Waals surface area contributed by atoms with E-state index in [2.05, 4.69) is 5.18 Å². The summed E-state index contributed by atoms with van der Waals surface area (Å²) in [5, 5.41) is 11.6. The number of amides is 1. The highest BCUT2D eigenvalue weighted by Crippen LogP contribution is 2.11. The minimum Gasteiger partial charge on any atom is -0.379 e. The fourth-order valence-corrected chi connectivity index (χ4v) is 1.12. The largest absolute Gasteiger partial charge is 0.379 e. The van der Waals surface area contributed by atoms with E-state index in [1.54, 1.807) is 18.9 Å². The molecule has 0 aliphatic rings. The van der Waals surface area contributed by atoms with Crippen LogP contribution in [0.15, 0.2) is 5.18 Å². The van der Waals surface area contributed by atoms with Gasteiger partial charge in [0.15, 0.2) is 0 Å². The lowest BCUT2D eigenvalue weighted by molar-refractivity contribution is -0.122. The molecule has 5 heteroatoms. The summed E-state index contributed by atoms with van der Waals surface area (Å²) in [6.45, 7) is 4.08. The molecule has 0 saturated carbocycles. The molecule has 0 aliphatic heterocycles. The molecule has 5 nitrogen and oxygen atoms in total. The van der Waals surface area contributed by atoms with E-state index in [0.717, 1.165) is 0 Å². The van der Waals surface area contributed by atoms with Gasteiger partial charge in [-0.3, -0.25) is 9.69 Å². The van der Waals surface area contributed by atoms with E-state index in [0.29, 0.717) is 19.4 Å². The van der Waals surface area contributed by atoms with Crippen molar-refractivity contribution in [1.29, 1.82) is 0 Å². The van der Waals surface area contributed by atoms with Crippen molar-refractivity contribution in [2.45, 2.75) is 32.9 Å². The predicted molar refractivity (Wildman–Crippen MR) is 53.5 cm³/mol. The van der Waals surface area contributed by atoms with Crippen LogP contribution in [0.4, 0.5) is 0 Å². The van der Waals surface area contributed by atoms with Crippen LogP contribution in [0.1, 0.15) is 26.7 Å². The minimum atomic E-state index is -0.591. The van der Waals surface area contributed by atoms with Crippen LogP contribution in [0.5, 0.6) is 0 Å². The maximum absolute atomic E-state index is 11.0. The fourth-order valence-electron chi connectivity index (χ4n) is 1.12. The van der Waals surface area contributed by atoms with Gasteiger partial charge < -0.3 is 5.11 Å². The Labute approximate surface area is 84.1 Å². The molecule has 0 saturated heterocycles. The van der Waals surface area contributed by atoms with Gasteiger partial charge in [-0.25, -0.2) is 0 Å². The second-order valence-electron chi connectivity index (χ2n) is 3.44. The zero-order valence-electron chi connectivity index (χ0n) is 8.93. The number of rotatable bonds is 6. The lowest BCUT2D eigenvalue weighted by Crippen LogP contribution is -2.31. The molecule has 0 aromatic rings. The van der Waals surface area contributed by atoms with Gasteiger partial charge in [-0.15, -0.1) is 4.91 Å². The number of carbonyl (C=O) groups excluding carboxylic acids is 1. The van der Waals surface area contributed by atoms with Crippen LogP contribution >= 0.6 is 0 Å². The van der Waals surface area contributed by atoms with Gasteiger partial charge in [0.25, 0.3) is 5.91 Å². The van der Waals surface area contributed by atoms with Gasteiger partial charge in [-0.05, 0) is 26.8 Å². The lowest BCUT2D eigenvalue weighted by atomic mass is 10.0. The Morgan fingerprint density at radius 3 is 2.50 bits per heavy atom. The van der Waals surface area contributed by atoms with Crippen molar-refractivity contribution in [3.05, 3.63) is 4.91 Å². The number of carbonyl (C=O) groups is 1. The molecule has 0 bridgehead atoms. The Bertz CT molecular complexity index is 194. The van der Waals surface area contributed by atoms with Crippen LogP contribution < -0.4 is 0 Å². The molecule has 0 fully saturated rings. The monoisotopic (exact) mass is 202 g/mol.